The molecule has 2 aliphatic rings. The molecule has 2 fully saturated rings. The smallest absolute Gasteiger partial charge is 0.135 e. The highest BCUT2D eigenvalue weighted by atomic mass is 127. The third-order valence-corrected chi connectivity index (χ3v) is 5.51. The molecule has 17 heavy (non-hydrogen) atoms. The number of anilines is 1. The van der Waals surface area contributed by atoms with Crippen LogP contribution in [0.1, 0.15) is 37.4 Å². The summed E-state index contributed by atoms with van der Waals surface area (Å²) in [5, 5.41) is 4.64. The molecule has 5 heteroatoms. The third kappa shape index (κ3) is 1.87. The summed E-state index contributed by atoms with van der Waals surface area (Å²) in [6.07, 6.45) is 5.22. The van der Waals surface area contributed by atoms with Crippen LogP contribution in [0.5, 0.6) is 0 Å². The Morgan fingerprint density at radius 2 is 2.06 bits per heavy atom. The van der Waals surface area contributed by atoms with Crippen molar-refractivity contribution in [1.82, 2.24) is 14.7 Å². The monoisotopic (exact) mass is 346 g/mol. The first-order chi connectivity index (χ1) is 8.18. The number of hydrogen-bond donors (Lipinski definition) is 1. The lowest BCUT2D eigenvalue weighted by Gasteiger charge is -2.32. The molecule has 0 aliphatic carbocycles. The van der Waals surface area contributed by atoms with Gasteiger partial charge >= 0.3 is 0 Å². The van der Waals surface area contributed by atoms with Crippen LogP contribution in [0.2, 0.25) is 0 Å². The zero-order valence-corrected chi connectivity index (χ0v) is 12.4. The maximum atomic E-state index is 6.18. The van der Waals surface area contributed by atoms with Gasteiger partial charge in [0.25, 0.3) is 0 Å². The fourth-order valence-corrected chi connectivity index (χ4v) is 3.66. The normalized spacial score (nSPS) is 29.5. The number of fused-ring (bicyclic) bond motifs is 1. The van der Waals surface area contributed by atoms with Gasteiger partial charge in [-0.2, -0.15) is 5.10 Å². The third-order valence-electron chi connectivity index (χ3n) is 4.18. The van der Waals surface area contributed by atoms with E-state index in [2.05, 4.69) is 37.3 Å². The number of aryl methyl sites for hydroxylation is 1. The number of aromatic nitrogens is 2. The van der Waals surface area contributed by atoms with Crippen LogP contribution in [0.15, 0.2) is 0 Å². The van der Waals surface area contributed by atoms with E-state index in [4.69, 9.17) is 5.73 Å². The highest BCUT2D eigenvalue weighted by Gasteiger charge is 2.38. The Kier molecular flexibility index (Phi) is 3.06. The second kappa shape index (κ2) is 4.42. The van der Waals surface area contributed by atoms with Crippen molar-refractivity contribution in [1.29, 1.82) is 0 Å². The molecule has 0 spiro atoms. The van der Waals surface area contributed by atoms with Crippen LogP contribution in [0, 0.1) is 10.5 Å². The Bertz CT molecular complexity index is 428. The summed E-state index contributed by atoms with van der Waals surface area (Å²) in [7, 11) is 0. The minimum atomic E-state index is 0.498. The summed E-state index contributed by atoms with van der Waals surface area (Å²) < 4.78 is 3.21. The molecule has 3 heterocycles. The van der Waals surface area contributed by atoms with Gasteiger partial charge in [0.1, 0.15) is 5.82 Å². The molecule has 0 bridgehead atoms. The molecule has 0 amide bonds. The van der Waals surface area contributed by atoms with Gasteiger partial charge in [0.2, 0.25) is 0 Å². The molecular weight excluding hydrogens is 327 g/mol. The predicted molar refractivity (Wildman–Crippen MR) is 77.0 cm³/mol. The summed E-state index contributed by atoms with van der Waals surface area (Å²) in [6.45, 7) is 4.52. The Morgan fingerprint density at radius 3 is 2.76 bits per heavy atom. The Balaban J connectivity index is 1.91. The van der Waals surface area contributed by atoms with Crippen molar-refractivity contribution in [3.63, 3.8) is 0 Å². The van der Waals surface area contributed by atoms with Gasteiger partial charge < -0.3 is 5.73 Å². The molecule has 0 saturated carbocycles. The molecule has 4 nitrogen and oxygen atoms in total. The fraction of sp³-hybridized carbons (Fsp3) is 0.750. The van der Waals surface area contributed by atoms with Gasteiger partial charge in [-0.3, -0.25) is 4.90 Å². The standard InChI is InChI=1S/C12H19IN4/c1-8-11(13)12(14)17(15-8)10-5-7-16-6-3-2-4-9(10)16/h9-10H,2-7,14H2,1H3. The maximum Gasteiger partial charge on any atom is 0.135 e. The molecule has 94 valence electrons. The molecule has 1 aromatic heterocycles. The number of nitrogens with two attached hydrogens (primary N) is 1. The molecule has 2 N–H and O–H groups in total. The minimum absolute atomic E-state index is 0.498. The number of nitrogen functional groups attached to an aromatic ring is 1. The number of hydrogen-bond acceptors (Lipinski definition) is 3. The van der Waals surface area contributed by atoms with E-state index in [1.54, 1.807) is 0 Å². The molecule has 3 rings (SSSR count). The summed E-state index contributed by atoms with van der Waals surface area (Å²) in [5.41, 5.74) is 7.25. The van der Waals surface area contributed by atoms with Crippen molar-refractivity contribution in [3.8, 4) is 0 Å². The van der Waals surface area contributed by atoms with Gasteiger partial charge in [0, 0.05) is 12.6 Å². The van der Waals surface area contributed by atoms with Crippen molar-refractivity contribution in [2.75, 3.05) is 18.8 Å². The van der Waals surface area contributed by atoms with E-state index in [9.17, 15) is 0 Å². The van der Waals surface area contributed by atoms with E-state index in [-0.39, 0.29) is 0 Å². The molecule has 0 aromatic carbocycles. The molecule has 2 aliphatic heterocycles. The maximum absolute atomic E-state index is 6.18. The Hall–Kier alpha value is -0.300. The van der Waals surface area contributed by atoms with Crippen LogP contribution in [0.4, 0.5) is 5.82 Å². The number of nitrogens with zero attached hydrogens (tertiary/aromatic N) is 3. The Labute approximate surface area is 116 Å². The summed E-state index contributed by atoms with van der Waals surface area (Å²) in [5.74, 6) is 0.862. The molecular formula is C12H19IN4. The van der Waals surface area contributed by atoms with Crippen LogP contribution in [-0.4, -0.2) is 33.8 Å². The van der Waals surface area contributed by atoms with E-state index in [0.29, 0.717) is 12.1 Å². The first kappa shape index (κ1) is 11.8. The van der Waals surface area contributed by atoms with E-state index < -0.39 is 0 Å². The lowest BCUT2D eigenvalue weighted by molar-refractivity contribution is 0.170. The molecule has 2 unspecified atom stereocenters. The van der Waals surface area contributed by atoms with Crippen LogP contribution < -0.4 is 5.73 Å². The van der Waals surface area contributed by atoms with Crippen LogP contribution >= 0.6 is 22.6 Å². The van der Waals surface area contributed by atoms with E-state index in [0.717, 1.165) is 15.1 Å². The van der Waals surface area contributed by atoms with Crippen molar-refractivity contribution in [2.24, 2.45) is 0 Å². The highest BCUT2D eigenvalue weighted by Crippen LogP contribution is 2.37. The zero-order chi connectivity index (χ0) is 12.0. The summed E-state index contributed by atoms with van der Waals surface area (Å²) in [4.78, 5) is 2.62. The number of rotatable bonds is 1. The number of piperidine rings is 1. The van der Waals surface area contributed by atoms with E-state index >= 15 is 0 Å². The van der Waals surface area contributed by atoms with Crippen LogP contribution in [0.3, 0.4) is 0 Å². The van der Waals surface area contributed by atoms with Gasteiger partial charge in [0.05, 0.1) is 15.3 Å². The SMILES string of the molecule is Cc1nn(C2CCN3CCCCC23)c(N)c1I. The second-order valence-electron chi connectivity index (χ2n) is 5.18. The fourth-order valence-electron chi connectivity index (χ4n) is 3.30. The lowest BCUT2D eigenvalue weighted by Crippen LogP contribution is -2.38. The van der Waals surface area contributed by atoms with Crippen LogP contribution in [0.25, 0.3) is 0 Å². The molecule has 0 radical (unpaired) electrons. The van der Waals surface area contributed by atoms with Crippen molar-refractivity contribution >= 4 is 28.4 Å². The van der Waals surface area contributed by atoms with Crippen molar-refractivity contribution in [3.05, 3.63) is 9.26 Å². The molecule has 2 saturated heterocycles. The van der Waals surface area contributed by atoms with Gasteiger partial charge in [-0.25, -0.2) is 4.68 Å². The van der Waals surface area contributed by atoms with E-state index in [1.807, 2.05) is 6.92 Å². The first-order valence-corrected chi connectivity index (χ1v) is 7.50. The van der Waals surface area contributed by atoms with Crippen molar-refractivity contribution in [2.45, 2.75) is 44.7 Å². The average molecular weight is 346 g/mol. The first-order valence-electron chi connectivity index (χ1n) is 6.42. The topological polar surface area (TPSA) is 47.1 Å². The van der Waals surface area contributed by atoms with Gasteiger partial charge in [0.15, 0.2) is 0 Å². The van der Waals surface area contributed by atoms with Gasteiger partial charge in [-0.15, -0.1) is 0 Å². The van der Waals surface area contributed by atoms with Gasteiger partial charge in [-0.1, -0.05) is 6.42 Å². The molecule has 1 aromatic rings. The molecule has 2 atom stereocenters. The lowest BCUT2D eigenvalue weighted by atomic mass is 9.99. The Morgan fingerprint density at radius 1 is 1.24 bits per heavy atom. The van der Waals surface area contributed by atoms with Gasteiger partial charge in [-0.05, 0) is 55.3 Å². The highest BCUT2D eigenvalue weighted by molar-refractivity contribution is 14.1. The summed E-state index contributed by atoms with van der Waals surface area (Å²) >= 11 is 2.30. The summed E-state index contributed by atoms with van der Waals surface area (Å²) in [6, 6.07) is 1.17. The second-order valence-corrected chi connectivity index (χ2v) is 6.26. The van der Waals surface area contributed by atoms with Crippen LogP contribution in [-0.2, 0) is 0 Å². The average Bonchev–Trinajstić information content (AvgIpc) is 2.86. The van der Waals surface area contributed by atoms with E-state index in [1.165, 1.54) is 38.8 Å². The predicted octanol–water partition coefficient (Wildman–Crippen LogP) is 2.18. The zero-order valence-electron chi connectivity index (χ0n) is 10.2. The largest absolute Gasteiger partial charge is 0.383 e. The number of halogens is 1. The van der Waals surface area contributed by atoms with Crippen molar-refractivity contribution < 1.29 is 0 Å². The minimum Gasteiger partial charge on any atom is -0.383 e. The quantitative estimate of drug-likeness (QED) is 0.793.